The summed E-state index contributed by atoms with van der Waals surface area (Å²) in [7, 11) is 0. The van der Waals surface area contributed by atoms with Gasteiger partial charge in [0.05, 0.1) is 34.1 Å². The van der Waals surface area contributed by atoms with Crippen molar-refractivity contribution >= 4 is 69.5 Å². The van der Waals surface area contributed by atoms with Crippen molar-refractivity contribution in [2.45, 2.75) is 63.1 Å². The van der Waals surface area contributed by atoms with E-state index in [1.54, 1.807) is 18.3 Å². The summed E-state index contributed by atoms with van der Waals surface area (Å²) in [5, 5.41) is 17.9. The van der Waals surface area contributed by atoms with Crippen LogP contribution in [-0.4, -0.2) is 42.7 Å². The van der Waals surface area contributed by atoms with E-state index in [9.17, 15) is 9.90 Å². The van der Waals surface area contributed by atoms with Crippen LogP contribution in [0.25, 0.3) is 11.2 Å². The molecule has 2 saturated carbocycles. The van der Waals surface area contributed by atoms with Gasteiger partial charge in [0.25, 0.3) is 0 Å². The fraction of sp³-hybridized carbons (Fsp3) is 0.478. The standard InChI is InChI=1S/C23H26Cl3N7O2/c24-12-8-14(25)19(15(26)9-12)31-23-30-17-10-28-22(29-16-2-1-3-18(16)34)32-21(17)33(23)13-6-4-11(5-7-13)20(27)35/h8-11,13,16,18,34H,1-7H2,(H2,27,35)(H,30,31)(H,28,29,32)/t11-,13+,16-,18-/m0/s1. The van der Waals surface area contributed by atoms with Crippen LogP contribution in [0.4, 0.5) is 17.6 Å². The molecule has 0 radical (unpaired) electrons. The van der Waals surface area contributed by atoms with E-state index in [1.165, 1.54) is 0 Å². The lowest BCUT2D eigenvalue weighted by molar-refractivity contribution is -0.122. The second-order valence-corrected chi connectivity index (χ2v) is 10.5. The summed E-state index contributed by atoms with van der Waals surface area (Å²) in [5.74, 6) is 0.555. The SMILES string of the molecule is NC(=O)[C@H]1CC[C@@H](n2c(Nc3c(Cl)cc(Cl)cc3Cl)nc3cnc(N[C@H]4CCC[C@@H]4O)nc32)CC1. The number of aliphatic hydroxyl groups excluding tert-OH is 1. The molecule has 2 heterocycles. The van der Waals surface area contributed by atoms with Crippen LogP contribution in [0.2, 0.25) is 15.1 Å². The van der Waals surface area contributed by atoms with Crippen LogP contribution >= 0.6 is 34.8 Å². The Morgan fingerprint density at radius 3 is 2.40 bits per heavy atom. The largest absolute Gasteiger partial charge is 0.391 e. The van der Waals surface area contributed by atoms with Crippen molar-refractivity contribution < 1.29 is 9.90 Å². The Hall–Kier alpha value is -2.33. The number of imidazole rings is 1. The Morgan fingerprint density at radius 1 is 1.06 bits per heavy atom. The number of amides is 1. The quantitative estimate of drug-likeness (QED) is 0.344. The number of anilines is 3. The molecule has 5 rings (SSSR count). The molecular weight excluding hydrogens is 513 g/mol. The normalized spacial score (nSPS) is 24.6. The van der Waals surface area contributed by atoms with Gasteiger partial charge in [0.2, 0.25) is 17.8 Å². The molecule has 1 amide bonds. The van der Waals surface area contributed by atoms with E-state index in [0.717, 1.165) is 32.1 Å². The Kier molecular flexibility index (Phi) is 6.94. The average Bonchev–Trinajstić information content (AvgIpc) is 3.38. The number of carbonyl (C=O) groups is 1. The number of fused-ring (bicyclic) bond motifs is 1. The van der Waals surface area contributed by atoms with Crippen LogP contribution in [0.5, 0.6) is 0 Å². The van der Waals surface area contributed by atoms with Crippen molar-refractivity contribution in [2.24, 2.45) is 11.7 Å². The minimum Gasteiger partial charge on any atom is -0.391 e. The van der Waals surface area contributed by atoms with Gasteiger partial charge in [-0.2, -0.15) is 4.98 Å². The summed E-state index contributed by atoms with van der Waals surface area (Å²) in [6.45, 7) is 0. The third-order valence-electron chi connectivity index (χ3n) is 6.93. The van der Waals surface area contributed by atoms with Gasteiger partial charge in [0.15, 0.2) is 5.65 Å². The summed E-state index contributed by atoms with van der Waals surface area (Å²) in [6, 6.07) is 3.16. The Balaban J connectivity index is 1.54. The fourth-order valence-electron chi connectivity index (χ4n) is 5.06. The predicted molar refractivity (Wildman–Crippen MR) is 138 cm³/mol. The van der Waals surface area contributed by atoms with Crippen LogP contribution in [0.1, 0.15) is 51.0 Å². The van der Waals surface area contributed by atoms with Gasteiger partial charge in [-0.05, 0) is 57.1 Å². The number of nitrogens with zero attached hydrogens (tertiary/aromatic N) is 4. The lowest BCUT2D eigenvalue weighted by atomic mass is 9.85. The van der Waals surface area contributed by atoms with Gasteiger partial charge >= 0.3 is 0 Å². The highest BCUT2D eigenvalue weighted by Gasteiger charge is 2.30. The highest BCUT2D eigenvalue weighted by atomic mass is 35.5. The van der Waals surface area contributed by atoms with Crippen LogP contribution in [-0.2, 0) is 4.79 Å². The number of aromatic nitrogens is 4. The minimum absolute atomic E-state index is 0.0303. The smallest absolute Gasteiger partial charge is 0.225 e. The van der Waals surface area contributed by atoms with E-state index in [1.807, 2.05) is 4.57 Å². The maximum atomic E-state index is 11.7. The average molecular weight is 539 g/mol. The molecule has 12 heteroatoms. The van der Waals surface area contributed by atoms with Crippen LogP contribution in [0, 0.1) is 5.92 Å². The Morgan fingerprint density at radius 2 is 1.77 bits per heavy atom. The number of nitrogens with one attached hydrogen (secondary N) is 2. The molecule has 186 valence electrons. The number of hydrogen-bond donors (Lipinski definition) is 4. The topological polar surface area (TPSA) is 131 Å². The molecule has 0 unspecified atom stereocenters. The number of rotatable bonds is 6. The van der Waals surface area contributed by atoms with Gasteiger partial charge in [0.1, 0.15) is 5.52 Å². The van der Waals surface area contributed by atoms with E-state index in [0.29, 0.717) is 56.7 Å². The molecule has 0 aliphatic heterocycles. The molecule has 9 nitrogen and oxygen atoms in total. The molecule has 2 aliphatic carbocycles. The first-order valence-electron chi connectivity index (χ1n) is 11.7. The van der Waals surface area contributed by atoms with Gasteiger partial charge in [-0.1, -0.05) is 34.8 Å². The zero-order valence-corrected chi connectivity index (χ0v) is 21.1. The molecule has 0 saturated heterocycles. The third-order valence-corrected chi connectivity index (χ3v) is 7.75. The van der Waals surface area contributed by atoms with Gasteiger partial charge in [-0.25, -0.2) is 9.97 Å². The molecule has 5 N–H and O–H groups in total. The lowest BCUT2D eigenvalue weighted by Gasteiger charge is -2.29. The Bertz CT molecular complexity index is 1240. The van der Waals surface area contributed by atoms with Crippen molar-refractivity contribution in [3.63, 3.8) is 0 Å². The maximum Gasteiger partial charge on any atom is 0.225 e. The summed E-state index contributed by atoms with van der Waals surface area (Å²) in [4.78, 5) is 25.6. The molecule has 35 heavy (non-hydrogen) atoms. The number of carbonyl (C=O) groups excluding carboxylic acids is 1. The first-order valence-corrected chi connectivity index (χ1v) is 12.8. The second kappa shape index (κ2) is 9.97. The van der Waals surface area contributed by atoms with Crippen molar-refractivity contribution in [2.75, 3.05) is 10.6 Å². The highest BCUT2D eigenvalue weighted by Crippen LogP contribution is 2.40. The van der Waals surface area contributed by atoms with Gasteiger partial charge in [-0.3, -0.25) is 9.36 Å². The second-order valence-electron chi connectivity index (χ2n) is 9.23. The molecule has 2 aromatic heterocycles. The number of hydrogen-bond acceptors (Lipinski definition) is 7. The summed E-state index contributed by atoms with van der Waals surface area (Å²) in [6.07, 6.45) is 6.67. The molecule has 1 aromatic carbocycles. The summed E-state index contributed by atoms with van der Waals surface area (Å²) < 4.78 is 2.02. The van der Waals surface area contributed by atoms with Crippen LogP contribution in [0.3, 0.4) is 0 Å². The van der Waals surface area contributed by atoms with E-state index in [-0.39, 0.29) is 23.9 Å². The van der Waals surface area contributed by atoms with Gasteiger partial charge in [-0.15, -0.1) is 0 Å². The summed E-state index contributed by atoms with van der Waals surface area (Å²) in [5.41, 5.74) is 7.28. The number of nitrogens with two attached hydrogens (primary N) is 1. The summed E-state index contributed by atoms with van der Waals surface area (Å²) >= 11 is 18.9. The van der Waals surface area contributed by atoms with E-state index in [2.05, 4.69) is 15.6 Å². The first-order chi connectivity index (χ1) is 16.8. The monoisotopic (exact) mass is 537 g/mol. The molecule has 3 aromatic rings. The third kappa shape index (κ3) is 5.00. The molecule has 0 bridgehead atoms. The first kappa shape index (κ1) is 24.4. The van der Waals surface area contributed by atoms with E-state index >= 15 is 0 Å². The predicted octanol–water partition coefficient (Wildman–Crippen LogP) is 5.07. The molecular formula is C23H26Cl3N7O2. The van der Waals surface area contributed by atoms with Crippen LogP contribution < -0.4 is 16.4 Å². The highest BCUT2D eigenvalue weighted by molar-refractivity contribution is 6.41. The van der Waals surface area contributed by atoms with Crippen molar-refractivity contribution in [1.82, 2.24) is 19.5 Å². The number of primary amides is 1. The lowest BCUT2D eigenvalue weighted by Crippen LogP contribution is -2.29. The Labute approximate surface area is 217 Å². The van der Waals surface area contributed by atoms with Crippen LogP contribution in [0.15, 0.2) is 18.3 Å². The molecule has 2 fully saturated rings. The van der Waals surface area contributed by atoms with Crippen molar-refractivity contribution in [1.29, 1.82) is 0 Å². The maximum absolute atomic E-state index is 11.7. The molecule has 2 aliphatic rings. The number of aliphatic hydroxyl groups is 1. The molecule has 0 spiro atoms. The van der Waals surface area contributed by atoms with E-state index in [4.69, 9.17) is 50.5 Å². The zero-order valence-electron chi connectivity index (χ0n) is 18.8. The van der Waals surface area contributed by atoms with Crippen molar-refractivity contribution in [3.05, 3.63) is 33.4 Å². The fourth-order valence-corrected chi connectivity index (χ4v) is 5.97. The number of halogens is 3. The molecule has 2 atom stereocenters. The van der Waals surface area contributed by atoms with Crippen molar-refractivity contribution in [3.8, 4) is 0 Å². The van der Waals surface area contributed by atoms with Gasteiger partial charge < -0.3 is 21.5 Å². The van der Waals surface area contributed by atoms with Gasteiger partial charge in [0, 0.05) is 17.0 Å². The zero-order chi connectivity index (χ0) is 24.7. The minimum atomic E-state index is -0.422. The number of benzene rings is 1. The van der Waals surface area contributed by atoms with E-state index < -0.39 is 6.10 Å².